The van der Waals surface area contributed by atoms with Crippen molar-refractivity contribution in [3.8, 4) is 11.5 Å². The SMILES string of the molecule is Cc1noc(C)c1S(=O)(=O)N1CCN(C[C@H](O)COCc2ccc3c(c2)OCO3)CC1. The van der Waals surface area contributed by atoms with E-state index in [0.29, 0.717) is 56.5 Å². The number of piperazine rings is 1. The smallest absolute Gasteiger partial charge is 0.248 e. The molecule has 0 bridgehead atoms. The molecular formula is C20H27N3O7S. The molecule has 2 aromatic rings. The summed E-state index contributed by atoms with van der Waals surface area (Å²) in [5.74, 6) is 1.72. The van der Waals surface area contributed by atoms with Crippen molar-refractivity contribution in [3.05, 3.63) is 35.2 Å². The van der Waals surface area contributed by atoms with Gasteiger partial charge in [0.15, 0.2) is 17.3 Å². The van der Waals surface area contributed by atoms with Crippen LogP contribution in [0.5, 0.6) is 11.5 Å². The summed E-state index contributed by atoms with van der Waals surface area (Å²) >= 11 is 0. The predicted molar refractivity (Wildman–Crippen MR) is 109 cm³/mol. The summed E-state index contributed by atoms with van der Waals surface area (Å²) in [5, 5.41) is 14.1. The monoisotopic (exact) mass is 453 g/mol. The number of benzene rings is 1. The number of hydrogen-bond acceptors (Lipinski definition) is 9. The second-order valence-electron chi connectivity index (χ2n) is 7.71. The van der Waals surface area contributed by atoms with Gasteiger partial charge in [-0.05, 0) is 31.5 Å². The number of rotatable bonds is 8. The Morgan fingerprint density at radius 3 is 2.61 bits per heavy atom. The van der Waals surface area contributed by atoms with Crippen molar-refractivity contribution in [1.82, 2.24) is 14.4 Å². The van der Waals surface area contributed by atoms with Crippen LogP contribution >= 0.6 is 0 Å². The lowest BCUT2D eigenvalue weighted by Gasteiger charge is -2.34. The third-order valence-corrected chi connectivity index (χ3v) is 7.53. The lowest BCUT2D eigenvalue weighted by atomic mass is 10.2. The molecule has 2 aliphatic heterocycles. The fourth-order valence-electron chi connectivity index (χ4n) is 3.82. The molecule has 0 radical (unpaired) electrons. The highest BCUT2D eigenvalue weighted by atomic mass is 32.2. The Hall–Kier alpha value is -2.18. The maximum absolute atomic E-state index is 12.9. The fraction of sp³-hybridized carbons (Fsp3) is 0.550. The van der Waals surface area contributed by atoms with Crippen molar-refractivity contribution in [2.75, 3.05) is 46.1 Å². The predicted octanol–water partition coefficient (Wildman–Crippen LogP) is 0.904. The standard InChI is InChI=1S/C20H27N3O7S/c1-14-20(15(2)30-21-14)31(25,26)23-7-5-22(6-8-23)10-17(24)12-27-11-16-3-4-18-19(9-16)29-13-28-18/h3-4,9,17,24H,5-8,10-13H2,1-2H3/t17-/m0/s1. The highest BCUT2D eigenvalue weighted by Crippen LogP contribution is 2.32. The molecule has 0 amide bonds. The molecule has 1 aromatic carbocycles. The molecule has 1 atom stereocenters. The lowest BCUT2D eigenvalue weighted by Crippen LogP contribution is -2.50. The van der Waals surface area contributed by atoms with Gasteiger partial charge in [-0.2, -0.15) is 4.31 Å². The van der Waals surface area contributed by atoms with E-state index in [9.17, 15) is 13.5 Å². The van der Waals surface area contributed by atoms with Crippen molar-refractivity contribution in [2.24, 2.45) is 0 Å². The van der Waals surface area contributed by atoms with Crippen LogP contribution in [0.2, 0.25) is 0 Å². The van der Waals surface area contributed by atoms with Crippen molar-refractivity contribution in [3.63, 3.8) is 0 Å². The molecule has 10 nitrogen and oxygen atoms in total. The van der Waals surface area contributed by atoms with E-state index in [1.54, 1.807) is 13.8 Å². The number of aryl methyl sites for hydroxylation is 2. The van der Waals surface area contributed by atoms with Crippen molar-refractivity contribution in [1.29, 1.82) is 0 Å². The maximum atomic E-state index is 12.9. The Labute approximate surface area is 181 Å². The minimum Gasteiger partial charge on any atom is -0.454 e. The normalized spacial score (nSPS) is 18.4. The molecule has 2 aliphatic rings. The summed E-state index contributed by atoms with van der Waals surface area (Å²) in [7, 11) is -3.64. The average Bonchev–Trinajstić information content (AvgIpc) is 3.34. The third-order valence-electron chi connectivity index (χ3n) is 5.38. The quantitative estimate of drug-likeness (QED) is 0.623. The van der Waals surface area contributed by atoms with Gasteiger partial charge in [-0.25, -0.2) is 8.42 Å². The first-order valence-corrected chi connectivity index (χ1v) is 11.6. The zero-order chi connectivity index (χ0) is 22.0. The summed E-state index contributed by atoms with van der Waals surface area (Å²) in [6, 6.07) is 5.61. The molecule has 1 fully saturated rings. The molecule has 11 heteroatoms. The number of aromatic nitrogens is 1. The third kappa shape index (κ3) is 4.85. The number of fused-ring (bicyclic) bond motifs is 1. The van der Waals surface area contributed by atoms with Crippen molar-refractivity contribution < 1.29 is 32.3 Å². The number of nitrogens with zero attached hydrogens (tertiary/aromatic N) is 3. The first kappa shape index (κ1) is 22.0. The lowest BCUT2D eigenvalue weighted by molar-refractivity contribution is 0.00536. The van der Waals surface area contributed by atoms with E-state index >= 15 is 0 Å². The number of ether oxygens (including phenoxy) is 3. The number of sulfonamides is 1. The Kier molecular flexibility index (Phi) is 6.49. The van der Waals surface area contributed by atoms with Crippen LogP contribution in [0.25, 0.3) is 0 Å². The average molecular weight is 454 g/mol. The molecule has 3 heterocycles. The molecule has 0 saturated carbocycles. The minimum atomic E-state index is -3.64. The second-order valence-corrected chi connectivity index (χ2v) is 9.59. The number of aliphatic hydroxyl groups excluding tert-OH is 1. The van der Waals surface area contributed by atoms with Crippen LogP contribution in [0.4, 0.5) is 0 Å². The zero-order valence-electron chi connectivity index (χ0n) is 17.6. The van der Waals surface area contributed by atoms with E-state index in [4.69, 9.17) is 18.7 Å². The summed E-state index contributed by atoms with van der Waals surface area (Å²) in [6.07, 6.45) is -0.667. The Morgan fingerprint density at radius 1 is 1.16 bits per heavy atom. The zero-order valence-corrected chi connectivity index (χ0v) is 18.4. The summed E-state index contributed by atoms with van der Waals surface area (Å²) in [5.41, 5.74) is 1.31. The molecular weight excluding hydrogens is 426 g/mol. The van der Waals surface area contributed by atoms with Crippen LogP contribution in [0, 0.1) is 13.8 Å². The van der Waals surface area contributed by atoms with Crippen LogP contribution in [0.3, 0.4) is 0 Å². The first-order chi connectivity index (χ1) is 14.8. The fourth-order valence-corrected chi connectivity index (χ4v) is 5.53. The summed E-state index contributed by atoms with van der Waals surface area (Å²) in [6.45, 7) is 6.16. The Bertz CT molecular complexity index is 996. The number of hydrogen-bond donors (Lipinski definition) is 1. The highest BCUT2D eigenvalue weighted by Gasteiger charge is 2.33. The highest BCUT2D eigenvalue weighted by molar-refractivity contribution is 7.89. The summed E-state index contributed by atoms with van der Waals surface area (Å²) < 4.78 is 48.5. The van der Waals surface area contributed by atoms with Crippen LogP contribution in [-0.4, -0.2) is 80.1 Å². The van der Waals surface area contributed by atoms with E-state index in [0.717, 1.165) is 11.3 Å². The maximum Gasteiger partial charge on any atom is 0.248 e. The molecule has 1 saturated heterocycles. The Morgan fingerprint density at radius 2 is 1.90 bits per heavy atom. The van der Waals surface area contributed by atoms with Gasteiger partial charge < -0.3 is 23.8 Å². The molecule has 1 N–H and O–H groups in total. The van der Waals surface area contributed by atoms with Crippen molar-refractivity contribution >= 4 is 10.0 Å². The van der Waals surface area contributed by atoms with E-state index in [1.165, 1.54) is 4.31 Å². The molecule has 0 unspecified atom stereocenters. The van der Waals surface area contributed by atoms with Gasteiger partial charge in [0.05, 0.1) is 19.3 Å². The van der Waals surface area contributed by atoms with Gasteiger partial charge in [0.1, 0.15) is 10.6 Å². The van der Waals surface area contributed by atoms with Crippen molar-refractivity contribution in [2.45, 2.75) is 31.5 Å². The van der Waals surface area contributed by atoms with Gasteiger partial charge in [-0.1, -0.05) is 11.2 Å². The largest absolute Gasteiger partial charge is 0.454 e. The number of β-amino-alcohol motifs (C(OH)–C–C–N with tert-alkyl or cyclic N) is 1. The molecule has 170 valence electrons. The van der Waals surface area contributed by atoms with Crippen LogP contribution in [0.15, 0.2) is 27.6 Å². The van der Waals surface area contributed by atoms with Gasteiger partial charge >= 0.3 is 0 Å². The molecule has 0 spiro atoms. The topological polar surface area (TPSA) is 115 Å². The Balaban J connectivity index is 1.21. The summed E-state index contributed by atoms with van der Waals surface area (Å²) in [4.78, 5) is 2.19. The molecule has 31 heavy (non-hydrogen) atoms. The van der Waals surface area contributed by atoms with E-state index in [2.05, 4.69) is 5.16 Å². The van der Waals surface area contributed by atoms with E-state index < -0.39 is 16.1 Å². The molecule has 4 rings (SSSR count). The van der Waals surface area contributed by atoms with Gasteiger partial charge in [-0.3, -0.25) is 4.90 Å². The van der Waals surface area contributed by atoms with Gasteiger partial charge in [0.25, 0.3) is 0 Å². The van der Waals surface area contributed by atoms with E-state index in [-0.39, 0.29) is 18.3 Å². The minimum absolute atomic E-state index is 0.151. The van der Waals surface area contributed by atoms with Crippen LogP contribution in [-0.2, 0) is 21.4 Å². The molecule has 1 aromatic heterocycles. The second kappa shape index (κ2) is 9.13. The van der Waals surface area contributed by atoms with Gasteiger partial charge in [-0.15, -0.1) is 0 Å². The molecule has 0 aliphatic carbocycles. The number of aliphatic hydroxyl groups is 1. The van der Waals surface area contributed by atoms with Crippen LogP contribution < -0.4 is 9.47 Å². The van der Waals surface area contributed by atoms with Gasteiger partial charge in [0, 0.05) is 32.7 Å². The van der Waals surface area contributed by atoms with E-state index in [1.807, 2.05) is 23.1 Å². The first-order valence-electron chi connectivity index (χ1n) is 10.1. The van der Waals surface area contributed by atoms with Crippen LogP contribution in [0.1, 0.15) is 17.0 Å². The van der Waals surface area contributed by atoms with Gasteiger partial charge in [0.2, 0.25) is 16.8 Å².